The van der Waals surface area contributed by atoms with Crippen LogP contribution < -0.4 is 15.8 Å². The van der Waals surface area contributed by atoms with Gasteiger partial charge < -0.3 is 10.5 Å². The fourth-order valence-corrected chi connectivity index (χ4v) is 3.04. The van der Waals surface area contributed by atoms with Crippen molar-refractivity contribution in [2.45, 2.75) is 51.1 Å². The summed E-state index contributed by atoms with van der Waals surface area (Å²) in [5, 5.41) is 7.71. The molecule has 1 atom stereocenters. The summed E-state index contributed by atoms with van der Waals surface area (Å²) < 4.78 is 7.01. The zero-order chi connectivity index (χ0) is 14.7. The predicted molar refractivity (Wildman–Crippen MR) is 76.4 cm³/mol. The lowest BCUT2D eigenvalue weighted by molar-refractivity contribution is -0.120. The monoisotopic (exact) mass is 280 g/mol. The number of hydrogen-bond donors (Lipinski definition) is 2. The van der Waals surface area contributed by atoms with Gasteiger partial charge in [0.05, 0.1) is 18.4 Å². The summed E-state index contributed by atoms with van der Waals surface area (Å²) in [4.78, 5) is 11.9. The second kappa shape index (κ2) is 6.26. The number of methoxy groups -OCH3 is 1. The van der Waals surface area contributed by atoms with Gasteiger partial charge in [-0.1, -0.05) is 19.3 Å². The third-order valence-corrected chi connectivity index (χ3v) is 3.99. The highest BCUT2D eigenvalue weighted by molar-refractivity contribution is 5.82. The van der Waals surface area contributed by atoms with Gasteiger partial charge in [-0.05, 0) is 19.8 Å². The average Bonchev–Trinajstić information content (AvgIpc) is 2.70. The van der Waals surface area contributed by atoms with E-state index in [1.165, 1.54) is 19.3 Å². The van der Waals surface area contributed by atoms with Gasteiger partial charge in [0, 0.05) is 13.1 Å². The maximum atomic E-state index is 11.9. The Morgan fingerprint density at radius 2 is 2.10 bits per heavy atom. The van der Waals surface area contributed by atoms with E-state index in [4.69, 9.17) is 10.5 Å². The van der Waals surface area contributed by atoms with E-state index in [9.17, 15) is 4.79 Å². The highest BCUT2D eigenvalue weighted by atomic mass is 16.5. The zero-order valence-corrected chi connectivity index (χ0v) is 12.5. The molecule has 1 amide bonds. The Labute approximate surface area is 119 Å². The molecule has 1 heterocycles. The van der Waals surface area contributed by atoms with Crippen molar-refractivity contribution in [1.29, 1.82) is 0 Å². The van der Waals surface area contributed by atoms with Crippen LogP contribution in [0.2, 0.25) is 0 Å². The van der Waals surface area contributed by atoms with Crippen molar-refractivity contribution in [2.75, 3.05) is 7.11 Å². The van der Waals surface area contributed by atoms with Crippen molar-refractivity contribution in [2.24, 2.45) is 12.8 Å². The van der Waals surface area contributed by atoms with Gasteiger partial charge >= 0.3 is 0 Å². The molecule has 112 valence electrons. The second-order valence-electron chi connectivity index (χ2n) is 5.47. The molecular formula is C14H24N4O2. The smallest absolute Gasteiger partial charge is 0.239 e. The molecule has 1 aliphatic rings. The number of nitrogens with two attached hydrogens (primary N) is 1. The van der Waals surface area contributed by atoms with E-state index in [1.807, 2.05) is 6.92 Å². The molecule has 6 heteroatoms. The molecular weight excluding hydrogens is 256 g/mol. The Morgan fingerprint density at radius 3 is 2.65 bits per heavy atom. The first-order valence-electron chi connectivity index (χ1n) is 7.17. The number of nitrogens with zero attached hydrogens (tertiary/aromatic N) is 2. The van der Waals surface area contributed by atoms with E-state index in [-0.39, 0.29) is 5.91 Å². The summed E-state index contributed by atoms with van der Waals surface area (Å²) in [6, 6.07) is -0.202. The van der Waals surface area contributed by atoms with Crippen LogP contribution in [0.4, 0.5) is 0 Å². The topological polar surface area (TPSA) is 82.2 Å². The number of amides is 1. The molecule has 1 fully saturated rings. The van der Waals surface area contributed by atoms with Crippen LogP contribution in [0.3, 0.4) is 0 Å². The third-order valence-electron chi connectivity index (χ3n) is 3.99. The van der Waals surface area contributed by atoms with Crippen LogP contribution in [0.5, 0.6) is 5.88 Å². The number of hydrogen-bond acceptors (Lipinski definition) is 4. The molecule has 6 nitrogen and oxygen atoms in total. The Kier molecular flexibility index (Phi) is 4.65. The molecule has 0 aliphatic heterocycles. The highest BCUT2D eigenvalue weighted by Crippen LogP contribution is 2.29. The van der Waals surface area contributed by atoms with Crippen LogP contribution >= 0.6 is 0 Å². The van der Waals surface area contributed by atoms with Gasteiger partial charge in [-0.25, -0.2) is 4.68 Å². The zero-order valence-electron chi connectivity index (χ0n) is 12.5. The summed E-state index contributed by atoms with van der Waals surface area (Å²) in [6.45, 7) is 1.87. The summed E-state index contributed by atoms with van der Waals surface area (Å²) in [6.07, 6.45) is 5.85. The molecule has 0 radical (unpaired) electrons. The molecule has 2 rings (SSSR count). The molecule has 20 heavy (non-hydrogen) atoms. The lowest BCUT2D eigenvalue weighted by Crippen LogP contribution is -2.41. The fraction of sp³-hybridized carbons (Fsp3) is 0.714. The summed E-state index contributed by atoms with van der Waals surface area (Å²) >= 11 is 0. The van der Waals surface area contributed by atoms with Gasteiger partial charge in [0.25, 0.3) is 0 Å². The van der Waals surface area contributed by atoms with Crippen LogP contribution in [0.1, 0.15) is 49.4 Å². The number of ether oxygens (including phenoxy) is 1. The van der Waals surface area contributed by atoms with Gasteiger partial charge in [0.15, 0.2) is 0 Å². The van der Waals surface area contributed by atoms with Crippen molar-refractivity contribution < 1.29 is 9.53 Å². The number of aromatic nitrogens is 2. The van der Waals surface area contributed by atoms with Gasteiger partial charge in [-0.15, -0.1) is 0 Å². The fourth-order valence-electron chi connectivity index (χ4n) is 3.04. The summed E-state index contributed by atoms with van der Waals surface area (Å²) in [5.74, 6) is 0.208. The van der Waals surface area contributed by atoms with Crippen molar-refractivity contribution in [3.8, 4) is 5.88 Å². The first-order chi connectivity index (χ1) is 9.54. The van der Waals surface area contributed by atoms with Crippen LogP contribution in [-0.2, 0) is 11.8 Å². The number of primary amides is 1. The third kappa shape index (κ3) is 2.95. The normalized spacial score (nSPS) is 17.9. The van der Waals surface area contributed by atoms with E-state index in [1.54, 1.807) is 18.8 Å². The van der Waals surface area contributed by atoms with Crippen molar-refractivity contribution in [1.82, 2.24) is 15.1 Å². The Morgan fingerprint density at radius 1 is 1.45 bits per heavy atom. The number of rotatable bonds is 5. The standard InChI is InChI=1S/C14H24N4O2/c1-9-11(14(20-3)18(2)17-9)12(13(15)19)16-10-7-5-4-6-8-10/h10,12,16H,4-8H2,1-3H3,(H2,15,19). The quantitative estimate of drug-likeness (QED) is 0.848. The van der Waals surface area contributed by atoms with Crippen molar-refractivity contribution >= 4 is 5.91 Å². The Balaban J connectivity index is 2.26. The summed E-state index contributed by atoms with van der Waals surface area (Å²) in [7, 11) is 3.38. The van der Waals surface area contributed by atoms with Crippen LogP contribution in [0.15, 0.2) is 0 Å². The number of aryl methyl sites for hydroxylation is 2. The van der Waals surface area contributed by atoms with E-state index in [0.717, 1.165) is 24.1 Å². The van der Waals surface area contributed by atoms with E-state index in [0.29, 0.717) is 11.9 Å². The molecule has 1 aliphatic carbocycles. The van der Waals surface area contributed by atoms with Gasteiger partial charge in [0.2, 0.25) is 11.8 Å². The SMILES string of the molecule is COc1c(C(NC2CCCCC2)C(N)=O)c(C)nn1C. The molecule has 1 aromatic rings. The second-order valence-corrected chi connectivity index (χ2v) is 5.47. The molecule has 1 saturated carbocycles. The summed E-state index contributed by atoms with van der Waals surface area (Å²) in [5.41, 5.74) is 7.13. The molecule has 0 spiro atoms. The largest absolute Gasteiger partial charge is 0.481 e. The maximum Gasteiger partial charge on any atom is 0.239 e. The van der Waals surface area contributed by atoms with E-state index >= 15 is 0 Å². The van der Waals surface area contributed by atoms with E-state index < -0.39 is 6.04 Å². The average molecular weight is 280 g/mol. The first kappa shape index (κ1) is 14.8. The van der Waals surface area contributed by atoms with Gasteiger partial charge in [-0.3, -0.25) is 10.1 Å². The number of carbonyl (C=O) groups is 1. The minimum Gasteiger partial charge on any atom is -0.481 e. The highest BCUT2D eigenvalue weighted by Gasteiger charge is 2.30. The van der Waals surface area contributed by atoms with Crippen molar-refractivity contribution in [3.05, 3.63) is 11.3 Å². The Hall–Kier alpha value is -1.56. The molecule has 0 saturated heterocycles. The van der Waals surface area contributed by atoms with Crippen LogP contribution in [-0.4, -0.2) is 28.8 Å². The molecule has 0 bridgehead atoms. The number of nitrogens with one attached hydrogen (secondary N) is 1. The first-order valence-corrected chi connectivity index (χ1v) is 7.17. The van der Waals surface area contributed by atoms with Gasteiger partial charge in [-0.2, -0.15) is 5.10 Å². The predicted octanol–water partition coefficient (Wildman–Crippen LogP) is 1.19. The van der Waals surface area contributed by atoms with Crippen molar-refractivity contribution in [3.63, 3.8) is 0 Å². The van der Waals surface area contributed by atoms with Crippen LogP contribution in [0, 0.1) is 6.92 Å². The Bertz CT molecular complexity index is 478. The molecule has 0 aromatic carbocycles. The maximum absolute atomic E-state index is 11.9. The number of carbonyl (C=O) groups excluding carboxylic acids is 1. The lowest BCUT2D eigenvalue weighted by atomic mass is 9.94. The van der Waals surface area contributed by atoms with E-state index in [2.05, 4.69) is 10.4 Å². The minimum absolute atomic E-state index is 0.338. The molecule has 1 unspecified atom stereocenters. The molecule has 1 aromatic heterocycles. The van der Waals surface area contributed by atoms with Crippen LogP contribution in [0.25, 0.3) is 0 Å². The minimum atomic E-state index is -0.540. The molecule has 3 N–H and O–H groups in total. The lowest BCUT2D eigenvalue weighted by Gasteiger charge is -2.27. The van der Waals surface area contributed by atoms with Gasteiger partial charge in [0.1, 0.15) is 6.04 Å².